The van der Waals surface area contributed by atoms with Crippen LogP contribution in [0.5, 0.6) is 0 Å². The van der Waals surface area contributed by atoms with Crippen LogP contribution in [0.15, 0.2) is 0 Å². The molecule has 1 heterocycles. The minimum absolute atomic E-state index is 0.0666. The summed E-state index contributed by atoms with van der Waals surface area (Å²) in [6.07, 6.45) is 2.39. The van der Waals surface area contributed by atoms with Crippen molar-refractivity contribution in [3.63, 3.8) is 0 Å². The third-order valence-electron chi connectivity index (χ3n) is 4.27. The third kappa shape index (κ3) is 1.97. The van der Waals surface area contributed by atoms with E-state index >= 15 is 0 Å². The molecule has 1 amide bonds. The number of hydrogen-bond donors (Lipinski definition) is 0. The predicted molar refractivity (Wildman–Crippen MR) is 68.1 cm³/mol. The van der Waals surface area contributed by atoms with Crippen molar-refractivity contribution in [1.29, 1.82) is 0 Å². The van der Waals surface area contributed by atoms with Gasteiger partial charge in [-0.1, -0.05) is 20.8 Å². The SMILES string of the molecule is CCCN(C(=O)CCl)C1C2CCOC2C1(C)C. The molecule has 17 heavy (non-hydrogen) atoms. The molecule has 2 aliphatic rings. The number of halogens is 1. The molecule has 3 atom stereocenters. The molecule has 0 aromatic rings. The van der Waals surface area contributed by atoms with Gasteiger partial charge in [-0.2, -0.15) is 0 Å². The number of amides is 1. The van der Waals surface area contributed by atoms with E-state index in [1.54, 1.807) is 0 Å². The van der Waals surface area contributed by atoms with E-state index < -0.39 is 0 Å². The van der Waals surface area contributed by atoms with Crippen molar-refractivity contribution in [2.75, 3.05) is 19.0 Å². The molecule has 1 aliphatic carbocycles. The molecule has 0 spiro atoms. The second kappa shape index (κ2) is 4.77. The first-order valence-corrected chi connectivity index (χ1v) is 7.04. The van der Waals surface area contributed by atoms with Gasteiger partial charge in [0.1, 0.15) is 5.88 Å². The van der Waals surface area contributed by atoms with E-state index in [2.05, 4.69) is 20.8 Å². The lowest BCUT2D eigenvalue weighted by atomic mass is 9.56. The molecule has 1 saturated carbocycles. The van der Waals surface area contributed by atoms with Gasteiger partial charge in [0.15, 0.2) is 0 Å². The number of nitrogens with zero attached hydrogens (tertiary/aromatic N) is 1. The zero-order valence-electron chi connectivity index (χ0n) is 10.9. The van der Waals surface area contributed by atoms with Crippen LogP contribution < -0.4 is 0 Å². The average molecular weight is 260 g/mol. The van der Waals surface area contributed by atoms with E-state index in [4.69, 9.17) is 16.3 Å². The van der Waals surface area contributed by atoms with E-state index in [0.717, 1.165) is 26.0 Å². The molecule has 1 aliphatic heterocycles. The molecule has 98 valence electrons. The maximum atomic E-state index is 12.0. The predicted octanol–water partition coefficient (Wildman–Crippen LogP) is 2.28. The molecular formula is C13H22ClNO2. The van der Waals surface area contributed by atoms with Crippen LogP contribution in [0.4, 0.5) is 0 Å². The average Bonchev–Trinajstić information content (AvgIpc) is 2.73. The fraction of sp³-hybridized carbons (Fsp3) is 0.923. The Labute approximate surface area is 108 Å². The van der Waals surface area contributed by atoms with Crippen molar-refractivity contribution < 1.29 is 9.53 Å². The molecule has 3 unspecified atom stereocenters. The molecule has 0 aromatic heterocycles. The molecule has 0 N–H and O–H groups in total. The van der Waals surface area contributed by atoms with Crippen LogP contribution in [0, 0.1) is 11.3 Å². The van der Waals surface area contributed by atoms with Gasteiger partial charge in [-0.25, -0.2) is 0 Å². The normalized spacial score (nSPS) is 34.0. The second-order valence-electron chi connectivity index (χ2n) is 5.73. The fourth-order valence-electron chi connectivity index (χ4n) is 3.67. The van der Waals surface area contributed by atoms with Crippen molar-refractivity contribution in [3.8, 4) is 0 Å². The number of alkyl halides is 1. The Morgan fingerprint density at radius 3 is 2.82 bits per heavy atom. The lowest BCUT2D eigenvalue weighted by Gasteiger charge is -2.58. The maximum absolute atomic E-state index is 12.0. The summed E-state index contributed by atoms with van der Waals surface area (Å²) in [7, 11) is 0. The van der Waals surface area contributed by atoms with Gasteiger partial charge >= 0.3 is 0 Å². The van der Waals surface area contributed by atoms with Gasteiger partial charge in [0.05, 0.1) is 6.10 Å². The van der Waals surface area contributed by atoms with E-state index in [1.165, 1.54) is 0 Å². The van der Waals surface area contributed by atoms with Crippen LogP contribution in [0.3, 0.4) is 0 Å². The van der Waals surface area contributed by atoms with Gasteiger partial charge in [0, 0.05) is 30.5 Å². The van der Waals surface area contributed by atoms with Crippen LogP contribution in [0.2, 0.25) is 0 Å². The largest absolute Gasteiger partial charge is 0.377 e. The first-order chi connectivity index (χ1) is 8.04. The van der Waals surface area contributed by atoms with Crippen LogP contribution in [-0.2, 0) is 9.53 Å². The van der Waals surface area contributed by atoms with Crippen LogP contribution in [-0.4, -0.2) is 42.0 Å². The monoisotopic (exact) mass is 259 g/mol. The molecule has 0 bridgehead atoms. The van der Waals surface area contributed by atoms with Gasteiger partial charge in [0.2, 0.25) is 5.91 Å². The highest BCUT2D eigenvalue weighted by Crippen LogP contribution is 2.54. The number of ether oxygens (including phenoxy) is 1. The molecule has 0 aromatic carbocycles. The Kier molecular flexibility index (Phi) is 3.69. The van der Waals surface area contributed by atoms with Crippen molar-refractivity contribution in [2.24, 2.45) is 11.3 Å². The molecule has 2 rings (SSSR count). The highest BCUT2D eigenvalue weighted by atomic mass is 35.5. The van der Waals surface area contributed by atoms with Gasteiger partial charge < -0.3 is 9.64 Å². The summed E-state index contributed by atoms with van der Waals surface area (Å²) in [5, 5.41) is 0. The molecule has 2 fully saturated rings. The topological polar surface area (TPSA) is 29.5 Å². The minimum Gasteiger partial charge on any atom is -0.377 e. The number of carbonyl (C=O) groups is 1. The van der Waals surface area contributed by atoms with Gasteiger partial charge in [-0.15, -0.1) is 11.6 Å². The number of rotatable bonds is 4. The summed E-state index contributed by atoms with van der Waals surface area (Å²) in [5.41, 5.74) is 0.0675. The first-order valence-electron chi connectivity index (χ1n) is 6.51. The van der Waals surface area contributed by atoms with E-state index in [0.29, 0.717) is 18.1 Å². The summed E-state index contributed by atoms with van der Waals surface area (Å²) in [5.74, 6) is 0.672. The highest BCUT2D eigenvalue weighted by Gasteiger charge is 2.61. The van der Waals surface area contributed by atoms with Crippen LogP contribution in [0.25, 0.3) is 0 Å². The minimum atomic E-state index is 0.0666. The van der Waals surface area contributed by atoms with E-state index in [9.17, 15) is 4.79 Å². The Hall–Kier alpha value is -0.280. The van der Waals surface area contributed by atoms with Crippen LogP contribution in [0.1, 0.15) is 33.6 Å². The van der Waals surface area contributed by atoms with Gasteiger partial charge in [-0.3, -0.25) is 4.79 Å². The van der Waals surface area contributed by atoms with Crippen molar-refractivity contribution in [2.45, 2.75) is 45.8 Å². The Balaban J connectivity index is 2.15. The lowest BCUT2D eigenvalue weighted by molar-refractivity contribution is -0.169. The smallest absolute Gasteiger partial charge is 0.237 e. The molecule has 1 saturated heterocycles. The second-order valence-corrected chi connectivity index (χ2v) is 6.00. The number of carbonyl (C=O) groups excluding carboxylic acids is 1. The zero-order chi connectivity index (χ0) is 12.6. The molecule has 4 heteroatoms. The quantitative estimate of drug-likeness (QED) is 0.725. The molecule has 0 radical (unpaired) electrons. The van der Waals surface area contributed by atoms with Gasteiger partial charge in [0.25, 0.3) is 0 Å². The Morgan fingerprint density at radius 2 is 2.24 bits per heavy atom. The third-order valence-corrected chi connectivity index (χ3v) is 4.50. The first kappa shape index (κ1) is 13.2. The summed E-state index contributed by atoms with van der Waals surface area (Å²) in [6, 6.07) is 0.307. The maximum Gasteiger partial charge on any atom is 0.237 e. The van der Waals surface area contributed by atoms with Crippen LogP contribution >= 0.6 is 11.6 Å². The Bertz CT molecular complexity index is 306. The molecule has 3 nitrogen and oxygen atoms in total. The Morgan fingerprint density at radius 1 is 1.53 bits per heavy atom. The summed E-state index contributed by atoms with van der Waals surface area (Å²) in [4.78, 5) is 14.0. The highest BCUT2D eigenvalue weighted by molar-refractivity contribution is 6.27. The number of hydrogen-bond acceptors (Lipinski definition) is 2. The number of fused-ring (bicyclic) bond motifs is 1. The van der Waals surface area contributed by atoms with E-state index in [-0.39, 0.29) is 17.2 Å². The van der Waals surface area contributed by atoms with Gasteiger partial charge in [-0.05, 0) is 12.8 Å². The van der Waals surface area contributed by atoms with E-state index in [1.807, 2.05) is 4.90 Å². The molecular weight excluding hydrogens is 238 g/mol. The lowest BCUT2D eigenvalue weighted by Crippen LogP contribution is -2.68. The standard InChI is InChI=1S/C13H22ClNO2/c1-4-6-15(10(16)8-14)11-9-5-7-17-12(9)13(11,2)3/h9,11-12H,4-8H2,1-3H3. The van der Waals surface area contributed by atoms with Crippen molar-refractivity contribution >= 4 is 17.5 Å². The fourth-order valence-corrected chi connectivity index (χ4v) is 3.82. The summed E-state index contributed by atoms with van der Waals surface area (Å²) in [6.45, 7) is 8.15. The van der Waals surface area contributed by atoms with Crippen molar-refractivity contribution in [1.82, 2.24) is 4.90 Å². The summed E-state index contributed by atoms with van der Waals surface area (Å²) >= 11 is 5.72. The van der Waals surface area contributed by atoms with Crippen molar-refractivity contribution in [3.05, 3.63) is 0 Å². The summed E-state index contributed by atoms with van der Waals surface area (Å²) < 4.78 is 5.77. The zero-order valence-corrected chi connectivity index (χ0v) is 11.7.